The average Bonchev–Trinajstić information content (AvgIpc) is 2.30. The van der Waals surface area contributed by atoms with E-state index in [1.54, 1.807) is 7.11 Å². The Bertz CT molecular complexity index is 163. The van der Waals surface area contributed by atoms with Crippen LogP contribution < -0.4 is 0 Å². The summed E-state index contributed by atoms with van der Waals surface area (Å²) < 4.78 is 20.7. The van der Waals surface area contributed by atoms with E-state index >= 15 is 0 Å². The van der Waals surface area contributed by atoms with Crippen molar-refractivity contribution < 1.29 is 24.1 Å². The molecule has 0 rings (SSSR count). The highest BCUT2D eigenvalue weighted by molar-refractivity contribution is 4.56. The number of hydrogen-bond acceptors (Lipinski definition) is 5. The summed E-state index contributed by atoms with van der Waals surface area (Å²) in [7, 11) is 1.64. The normalized spacial score (nSPS) is 13.2. The minimum atomic E-state index is -0.373. The van der Waals surface area contributed by atoms with E-state index in [0.29, 0.717) is 52.2 Å². The molecule has 5 heteroatoms. The Labute approximate surface area is 110 Å². The maximum absolute atomic E-state index is 9.55. The van der Waals surface area contributed by atoms with Gasteiger partial charge in [0.25, 0.3) is 0 Å². The molecular formula is C13H28O5. The van der Waals surface area contributed by atoms with Crippen LogP contribution in [0.25, 0.3) is 0 Å². The quantitative estimate of drug-likeness (QED) is 0.505. The second kappa shape index (κ2) is 13.2. The van der Waals surface area contributed by atoms with Gasteiger partial charge in [-0.2, -0.15) is 0 Å². The maximum atomic E-state index is 9.55. The van der Waals surface area contributed by atoms with Crippen LogP contribution in [0.15, 0.2) is 0 Å². The predicted molar refractivity (Wildman–Crippen MR) is 69.8 cm³/mol. The minimum Gasteiger partial charge on any atom is -0.391 e. The lowest BCUT2D eigenvalue weighted by Crippen LogP contribution is -2.19. The highest BCUT2D eigenvalue weighted by atomic mass is 16.6. The Morgan fingerprint density at radius 2 is 1.33 bits per heavy atom. The van der Waals surface area contributed by atoms with Gasteiger partial charge in [-0.1, -0.05) is 13.8 Å². The van der Waals surface area contributed by atoms with Crippen LogP contribution in [-0.2, 0) is 18.9 Å². The maximum Gasteiger partial charge on any atom is 0.0776 e. The third-order valence-corrected chi connectivity index (χ3v) is 2.23. The molecule has 0 saturated heterocycles. The van der Waals surface area contributed by atoms with Crippen LogP contribution in [0.4, 0.5) is 0 Å². The molecule has 110 valence electrons. The van der Waals surface area contributed by atoms with Gasteiger partial charge in [0.1, 0.15) is 0 Å². The molecule has 0 spiro atoms. The van der Waals surface area contributed by atoms with Crippen molar-refractivity contribution in [1.82, 2.24) is 0 Å². The first-order chi connectivity index (χ1) is 8.66. The summed E-state index contributed by atoms with van der Waals surface area (Å²) in [6.45, 7) is 7.91. The average molecular weight is 264 g/mol. The lowest BCUT2D eigenvalue weighted by Gasteiger charge is -2.13. The molecule has 0 aliphatic carbocycles. The van der Waals surface area contributed by atoms with Crippen molar-refractivity contribution in [3.63, 3.8) is 0 Å². The van der Waals surface area contributed by atoms with Gasteiger partial charge < -0.3 is 24.1 Å². The van der Waals surface area contributed by atoms with E-state index < -0.39 is 0 Å². The van der Waals surface area contributed by atoms with E-state index in [-0.39, 0.29) is 6.10 Å². The zero-order valence-corrected chi connectivity index (χ0v) is 11.9. The summed E-state index contributed by atoms with van der Waals surface area (Å²) >= 11 is 0. The van der Waals surface area contributed by atoms with Crippen LogP contribution in [0.3, 0.4) is 0 Å². The van der Waals surface area contributed by atoms with Gasteiger partial charge in [0.2, 0.25) is 0 Å². The molecular weight excluding hydrogens is 236 g/mol. The van der Waals surface area contributed by atoms with Crippen molar-refractivity contribution >= 4 is 0 Å². The fraction of sp³-hybridized carbons (Fsp3) is 1.00. The van der Waals surface area contributed by atoms with Crippen molar-refractivity contribution in [2.24, 2.45) is 5.92 Å². The van der Waals surface area contributed by atoms with Crippen LogP contribution in [0, 0.1) is 5.92 Å². The van der Waals surface area contributed by atoms with E-state index in [9.17, 15) is 5.11 Å². The van der Waals surface area contributed by atoms with Gasteiger partial charge in [0, 0.05) is 7.11 Å². The smallest absolute Gasteiger partial charge is 0.0776 e. The van der Waals surface area contributed by atoms with Gasteiger partial charge in [-0.25, -0.2) is 0 Å². The van der Waals surface area contributed by atoms with Gasteiger partial charge in [0.15, 0.2) is 0 Å². The van der Waals surface area contributed by atoms with Gasteiger partial charge >= 0.3 is 0 Å². The first-order valence-corrected chi connectivity index (χ1v) is 6.57. The Morgan fingerprint density at radius 3 is 1.83 bits per heavy atom. The molecule has 0 amide bonds. The highest BCUT2D eigenvalue weighted by Gasteiger charge is 2.06. The van der Waals surface area contributed by atoms with E-state index in [1.807, 2.05) is 0 Å². The summed E-state index contributed by atoms with van der Waals surface area (Å²) in [5, 5.41) is 9.55. The van der Waals surface area contributed by atoms with Crippen molar-refractivity contribution in [3.05, 3.63) is 0 Å². The first-order valence-electron chi connectivity index (χ1n) is 6.57. The molecule has 1 atom stereocenters. The number of aliphatic hydroxyl groups excluding tert-OH is 1. The molecule has 0 radical (unpaired) electrons. The number of ether oxygens (including phenoxy) is 4. The van der Waals surface area contributed by atoms with E-state index in [1.165, 1.54) is 0 Å². The van der Waals surface area contributed by atoms with Gasteiger partial charge in [-0.15, -0.1) is 0 Å². The van der Waals surface area contributed by atoms with Crippen LogP contribution in [0.1, 0.15) is 20.3 Å². The highest BCUT2D eigenvalue weighted by Crippen LogP contribution is 2.04. The molecule has 0 aliphatic heterocycles. The number of rotatable bonds is 13. The number of aliphatic hydroxyl groups is 1. The van der Waals surface area contributed by atoms with Crippen LogP contribution in [0.2, 0.25) is 0 Å². The van der Waals surface area contributed by atoms with Crippen molar-refractivity contribution in [3.8, 4) is 0 Å². The molecule has 0 saturated carbocycles. The SMILES string of the molecule is COCCOCCOCCOCC(O)CC(C)C. The minimum absolute atomic E-state index is 0.373. The Kier molecular flexibility index (Phi) is 13.1. The zero-order valence-electron chi connectivity index (χ0n) is 11.9. The molecule has 5 nitrogen and oxygen atoms in total. The van der Waals surface area contributed by atoms with Gasteiger partial charge in [0.05, 0.1) is 52.4 Å². The molecule has 0 aliphatic rings. The van der Waals surface area contributed by atoms with Crippen molar-refractivity contribution in [2.75, 3.05) is 53.4 Å². The van der Waals surface area contributed by atoms with Gasteiger partial charge in [-0.05, 0) is 12.3 Å². The number of methoxy groups -OCH3 is 1. The summed E-state index contributed by atoms with van der Waals surface area (Å²) in [6.07, 6.45) is 0.399. The summed E-state index contributed by atoms with van der Waals surface area (Å²) in [5.41, 5.74) is 0. The largest absolute Gasteiger partial charge is 0.391 e. The second-order valence-electron chi connectivity index (χ2n) is 4.58. The standard InChI is InChI=1S/C13H28O5/c1-12(2)10-13(14)11-18-9-8-17-7-6-16-5-4-15-3/h12-14H,4-11H2,1-3H3. The van der Waals surface area contributed by atoms with Crippen LogP contribution in [0.5, 0.6) is 0 Å². The lowest BCUT2D eigenvalue weighted by molar-refractivity contribution is -0.0176. The molecule has 0 aromatic heterocycles. The zero-order chi connectivity index (χ0) is 13.6. The first kappa shape index (κ1) is 17.8. The molecule has 18 heavy (non-hydrogen) atoms. The van der Waals surface area contributed by atoms with Crippen molar-refractivity contribution in [2.45, 2.75) is 26.4 Å². The molecule has 1 N–H and O–H groups in total. The Balaban J connectivity index is 3.07. The Morgan fingerprint density at radius 1 is 0.833 bits per heavy atom. The van der Waals surface area contributed by atoms with Gasteiger partial charge in [-0.3, -0.25) is 0 Å². The third kappa shape index (κ3) is 13.9. The lowest BCUT2D eigenvalue weighted by atomic mass is 10.1. The molecule has 0 bridgehead atoms. The summed E-state index contributed by atoms with van der Waals surface area (Å²) in [4.78, 5) is 0. The molecule has 0 heterocycles. The topological polar surface area (TPSA) is 57.2 Å². The Hall–Kier alpha value is -0.200. The van der Waals surface area contributed by atoms with E-state index in [4.69, 9.17) is 18.9 Å². The molecule has 0 aromatic rings. The fourth-order valence-corrected chi connectivity index (χ4v) is 1.41. The monoisotopic (exact) mass is 264 g/mol. The third-order valence-electron chi connectivity index (χ3n) is 2.23. The molecule has 0 aromatic carbocycles. The summed E-state index contributed by atoms with van der Waals surface area (Å²) in [6, 6.07) is 0. The van der Waals surface area contributed by atoms with Crippen LogP contribution >= 0.6 is 0 Å². The number of hydrogen-bond donors (Lipinski definition) is 1. The summed E-state index contributed by atoms with van der Waals surface area (Å²) in [5.74, 6) is 0.490. The molecule has 0 fully saturated rings. The van der Waals surface area contributed by atoms with Crippen molar-refractivity contribution in [1.29, 1.82) is 0 Å². The molecule has 1 unspecified atom stereocenters. The predicted octanol–water partition coefficient (Wildman–Crippen LogP) is 1.09. The van der Waals surface area contributed by atoms with E-state index in [0.717, 1.165) is 6.42 Å². The van der Waals surface area contributed by atoms with Crippen LogP contribution in [-0.4, -0.2) is 64.6 Å². The fourth-order valence-electron chi connectivity index (χ4n) is 1.41. The second-order valence-corrected chi connectivity index (χ2v) is 4.58. The van der Waals surface area contributed by atoms with E-state index in [2.05, 4.69) is 13.8 Å².